The van der Waals surface area contributed by atoms with E-state index in [0.29, 0.717) is 43.0 Å². The molecule has 14 nitrogen and oxygen atoms in total. The second kappa shape index (κ2) is 19.8. The van der Waals surface area contributed by atoms with E-state index in [4.69, 9.17) is 14.5 Å². The summed E-state index contributed by atoms with van der Waals surface area (Å²) in [6.45, 7) is 15.1. The first kappa shape index (κ1) is 49.6. The Balaban J connectivity index is 0.869. The van der Waals surface area contributed by atoms with Gasteiger partial charge in [0.05, 0.1) is 75.4 Å². The Morgan fingerprint density at radius 1 is 1.04 bits per heavy atom. The molecule has 358 valence electrons. The second-order valence-electron chi connectivity index (χ2n) is 18.0. The summed E-state index contributed by atoms with van der Waals surface area (Å²) in [6.07, 6.45) is -2.84. The molecule has 5 aromatic rings. The van der Waals surface area contributed by atoms with E-state index in [1.807, 2.05) is 45.2 Å². The van der Waals surface area contributed by atoms with Gasteiger partial charge in [0.2, 0.25) is 11.8 Å². The summed E-state index contributed by atoms with van der Waals surface area (Å²) in [5.74, 6) is -2.69. The van der Waals surface area contributed by atoms with Gasteiger partial charge in [-0.05, 0) is 87.6 Å². The number of likely N-dealkylation sites (tertiary alicyclic amines) is 1. The van der Waals surface area contributed by atoms with Gasteiger partial charge in [-0.1, -0.05) is 27.4 Å². The second-order valence-corrected chi connectivity index (χ2v) is 19.8. The number of hydrogen-bond acceptors (Lipinski definition) is 13. The van der Waals surface area contributed by atoms with Gasteiger partial charge in [0.15, 0.2) is 5.82 Å². The minimum Gasteiger partial charge on any atom is -0.494 e. The number of hydrogen-bond donors (Lipinski definition) is 2. The van der Waals surface area contributed by atoms with E-state index in [1.165, 1.54) is 53.7 Å². The van der Waals surface area contributed by atoms with E-state index in [-0.39, 0.29) is 31.5 Å². The fourth-order valence-corrected chi connectivity index (χ4v) is 9.98. The normalized spacial score (nSPS) is 17.7. The molecule has 20 heteroatoms. The molecule has 2 aromatic carbocycles. The quantitative estimate of drug-likeness (QED) is 0.0758. The van der Waals surface area contributed by atoms with Crippen LogP contribution in [0, 0.1) is 29.5 Å². The largest absolute Gasteiger partial charge is 0.494 e. The highest BCUT2D eigenvalue weighted by molar-refractivity contribution is 7.14. The van der Waals surface area contributed by atoms with Crippen molar-refractivity contribution >= 4 is 51.8 Å². The molecule has 3 aromatic heterocycles. The Morgan fingerprint density at radius 3 is 2.40 bits per heavy atom. The van der Waals surface area contributed by atoms with Gasteiger partial charge < -0.3 is 29.7 Å². The molecule has 0 spiro atoms. The van der Waals surface area contributed by atoms with Gasteiger partial charge in [0.25, 0.3) is 5.91 Å². The molecule has 2 fully saturated rings. The van der Waals surface area contributed by atoms with Crippen molar-refractivity contribution < 1.29 is 46.5 Å². The van der Waals surface area contributed by atoms with Crippen molar-refractivity contribution in [2.24, 2.45) is 5.41 Å². The molecule has 0 saturated carbocycles. The third kappa shape index (κ3) is 10.3. The van der Waals surface area contributed by atoms with Crippen LogP contribution in [0.5, 0.6) is 5.75 Å². The summed E-state index contributed by atoms with van der Waals surface area (Å²) < 4.78 is 68.3. The number of carbonyl (C=O) groups excluding carboxylic acids is 3. The molecule has 7 rings (SSSR count). The average molecular weight is 975 g/mol. The molecule has 68 heavy (non-hydrogen) atoms. The van der Waals surface area contributed by atoms with Crippen LogP contribution in [0.4, 0.5) is 28.9 Å². The maximum atomic E-state index is 15.4. The van der Waals surface area contributed by atoms with E-state index in [9.17, 15) is 37.9 Å². The molecule has 0 radical (unpaired) electrons. The zero-order valence-corrected chi connectivity index (χ0v) is 39.8. The lowest BCUT2D eigenvalue weighted by Crippen LogP contribution is -2.55. The zero-order valence-electron chi connectivity index (χ0n) is 38.2. The maximum absolute atomic E-state index is 15.4. The first-order valence-electron chi connectivity index (χ1n) is 21.7. The number of alkyl halides is 3. The molecule has 0 unspecified atom stereocenters. The van der Waals surface area contributed by atoms with Gasteiger partial charge in [-0.15, -0.1) is 22.7 Å². The number of nitrogens with one attached hydrogen (secondary N) is 1. The topological polar surface area (TPSA) is 174 Å². The summed E-state index contributed by atoms with van der Waals surface area (Å²) in [5.41, 5.74) is -0.238. The fraction of sp³-hybridized carbons (Fsp3) is 0.396. The fourth-order valence-electron chi connectivity index (χ4n) is 8.21. The van der Waals surface area contributed by atoms with Crippen LogP contribution >= 0.6 is 22.7 Å². The third-order valence-corrected chi connectivity index (χ3v) is 13.6. The van der Waals surface area contributed by atoms with E-state index < -0.39 is 69.8 Å². The Labute approximate surface area is 398 Å². The summed E-state index contributed by atoms with van der Waals surface area (Å²) >= 11 is 2.93. The first-order chi connectivity index (χ1) is 32.1. The molecular formula is C48H50F4N8O6S2. The van der Waals surface area contributed by atoms with Crippen molar-refractivity contribution in [3.05, 3.63) is 106 Å². The smallest absolute Gasteiger partial charge is 0.420 e. The number of nitriles is 1. The number of aromatic nitrogens is 3. The van der Waals surface area contributed by atoms with Gasteiger partial charge >= 0.3 is 6.18 Å². The zero-order chi connectivity index (χ0) is 49.3. The number of rotatable bonds is 15. The number of aryl methyl sites for hydroxylation is 1. The van der Waals surface area contributed by atoms with Gasteiger partial charge in [-0.2, -0.15) is 18.4 Å². The number of β-amino-alcohol motifs (C(OH)–C–C–N with tert-alkyl or cyclic N) is 1. The minimum absolute atomic E-state index is 0.0951. The van der Waals surface area contributed by atoms with Crippen molar-refractivity contribution in [1.82, 2.24) is 25.2 Å². The molecule has 0 aliphatic carbocycles. The van der Waals surface area contributed by atoms with Crippen LogP contribution in [0.25, 0.3) is 21.8 Å². The lowest BCUT2D eigenvalue weighted by molar-refractivity contribution is -0.141. The monoisotopic (exact) mass is 974 g/mol. The summed E-state index contributed by atoms with van der Waals surface area (Å²) in [5, 5.41) is 25.4. The molecule has 2 saturated heterocycles. The van der Waals surface area contributed by atoms with Gasteiger partial charge in [-0.3, -0.25) is 24.3 Å². The van der Waals surface area contributed by atoms with Crippen LogP contribution in [0.15, 0.2) is 78.0 Å². The van der Waals surface area contributed by atoms with E-state index in [1.54, 1.807) is 34.7 Å². The highest BCUT2D eigenvalue weighted by atomic mass is 32.1. The predicted molar refractivity (Wildman–Crippen MR) is 249 cm³/mol. The van der Waals surface area contributed by atoms with Crippen molar-refractivity contribution in [2.45, 2.75) is 90.7 Å². The van der Waals surface area contributed by atoms with Gasteiger partial charge in [-0.25, -0.2) is 14.4 Å². The van der Waals surface area contributed by atoms with Crippen molar-refractivity contribution in [1.29, 1.82) is 5.26 Å². The molecular weight excluding hydrogens is 925 g/mol. The number of nitrogens with zero attached hydrogens (tertiary/aromatic N) is 7. The average Bonchev–Trinajstić information content (AvgIpc) is 4.07. The highest BCUT2D eigenvalue weighted by Gasteiger charge is 2.51. The predicted octanol–water partition coefficient (Wildman–Crippen LogP) is 8.81. The van der Waals surface area contributed by atoms with E-state index in [2.05, 4.69) is 21.9 Å². The Morgan fingerprint density at radius 2 is 1.76 bits per heavy atom. The minimum atomic E-state index is -5.18. The summed E-state index contributed by atoms with van der Waals surface area (Å²) in [4.78, 5) is 59.2. The lowest BCUT2D eigenvalue weighted by atomic mass is 9.85. The lowest BCUT2D eigenvalue weighted by Gasteiger charge is -2.35. The van der Waals surface area contributed by atoms with Crippen LogP contribution in [0.2, 0.25) is 0 Å². The van der Waals surface area contributed by atoms with Crippen molar-refractivity contribution in [3.8, 4) is 33.6 Å². The number of unbranched alkanes of at least 4 members (excludes halogenated alkanes) is 1. The SMILES string of the molecule is C=C1N(c2ccc(C#N)c(C(F)(F)F)c2F)C(=O)C(C)(C)N1c1ccc(-c2ccc(OCCCCOCC(=O)N[C@H](C(=O)N3C[C@H](O)C[C@H]3c3nc(-c4scnc4C)cs3)C(C)(C)C)cc2)nc1. The number of halogens is 4. The van der Waals surface area contributed by atoms with Crippen LogP contribution in [-0.2, 0) is 25.3 Å². The number of anilines is 2. The highest BCUT2D eigenvalue weighted by Crippen LogP contribution is 2.45. The number of aliphatic hydroxyl groups excluding tert-OH is 1. The van der Waals surface area contributed by atoms with Crippen LogP contribution in [0.3, 0.4) is 0 Å². The third-order valence-electron chi connectivity index (χ3n) is 11.7. The van der Waals surface area contributed by atoms with Crippen molar-refractivity contribution in [3.63, 3.8) is 0 Å². The Bertz CT molecular complexity index is 2730. The Hall–Kier alpha value is -6.27. The molecule has 0 bridgehead atoms. The van der Waals surface area contributed by atoms with Crippen LogP contribution < -0.4 is 19.9 Å². The number of benzene rings is 2. The molecule has 2 aliphatic rings. The number of thiazole rings is 2. The Kier molecular flexibility index (Phi) is 14.4. The summed E-state index contributed by atoms with van der Waals surface area (Å²) in [7, 11) is 0. The van der Waals surface area contributed by atoms with Crippen molar-refractivity contribution in [2.75, 3.05) is 36.2 Å². The van der Waals surface area contributed by atoms with E-state index in [0.717, 1.165) is 43.9 Å². The standard InChI is InChI=1S/C48H50F4N8O6S2/c1-27-41(68-26-55-27)35-25-67-43(56-35)37-20-32(61)23-58(37)44(63)42(46(3,4)5)57-38(62)24-65-18-8-9-19-66-33-14-10-29(11-15-33)34-16-13-31(22-54-34)60-28(2)59(45(64)47(60,6)7)36-17-12-30(21-53)39(40(36)49)48(50,51)52/h10-17,22,25-26,32,37,42,61H,2,8-9,18-20,23-24H2,1,3-7H3,(H,57,62)/t32-,37+,42-/m1/s1. The number of amides is 3. The number of aliphatic hydroxyl groups is 1. The molecule has 3 amide bonds. The molecule has 2 N–H and O–H groups in total. The maximum Gasteiger partial charge on any atom is 0.420 e. The number of ether oxygens (including phenoxy) is 2. The van der Waals surface area contributed by atoms with Crippen LogP contribution in [0.1, 0.15) is 81.8 Å². The summed E-state index contributed by atoms with van der Waals surface area (Å²) in [6, 6.07) is 12.4. The molecule has 2 aliphatic heterocycles. The molecule has 5 heterocycles. The van der Waals surface area contributed by atoms with E-state index >= 15 is 4.39 Å². The number of pyridine rings is 1. The number of carbonyl (C=O) groups is 3. The van der Waals surface area contributed by atoms with Crippen LogP contribution in [-0.4, -0.2) is 86.7 Å². The first-order valence-corrected chi connectivity index (χ1v) is 23.4. The molecule has 3 atom stereocenters. The van der Waals surface area contributed by atoms with Gasteiger partial charge in [0.1, 0.15) is 40.3 Å². The van der Waals surface area contributed by atoms with Gasteiger partial charge in [0, 0.05) is 30.5 Å².